The average molecular weight is 282 g/mol. The lowest BCUT2D eigenvalue weighted by atomic mass is 10.2. The van der Waals surface area contributed by atoms with Crippen LogP contribution in [0.3, 0.4) is 0 Å². The van der Waals surface area contributed by atoms with Gasteiger partial charge in [-0.15, -0.1) is 0 Å². The molecule has 19 heavy (non-hydrogen) atoms. The number of aryl methyl sites for hydroxylation is 1. The molecule has 1 amide bonds. The molecule has 1 aromatic carbocycles. The summed E-state index contributed by atoms with van der Waals surface area (Å²) in [6, 6.07) is 5.92. The fraction of sp³-hybridized carbons (Fsp3) is 0.231. The van der Waals surface area contributed by atoms with Gasteiger partial charge in [0.2, 0.25) is 0 Å². The summed E-state index contributed by atoms with van der Waals surface area (Å²) in [6.45, 7) is 2.08. The van der Waals surface area contributed by atoms with E-state index in [4.69, 9.17) is 11.6 Å². The Morgan fingerprint density at radius 2 is 2.05 bits per heavy atom. The van der Waals surface area contributed by atoms with Crippen LogP contribution in [0.4, 0.5) is 4.39 Å². The number of hydrogen-bond acceptors (Lipinski definition) is 2. The van der Waals surface area contributed by atoms with Crippen LogP contribution in [0, 0.1) is 12.7 Å². The highest BCUT2D eigenvalue weighted by Crippen LogP contribution is 2.19. The smallest absolute Gasteiger partial charge is 0.273 e. The van der Waals surface area contributed by atoms with Gasteiger partial charge in [-0.1, -0.05) is 23.7 Å². The number of benzene rings is 1. The molecular weight excluding hydrogens is 269 g/mol. The normalized spacial score (nSPS) is 10.5. The standard InChI is InChI=1S/C13H13ClFN3O/c1-8-11(14)12(17-18(8)2)13(19)16-7-9-3-5-10(15)6-4-9/h3-6H,7H2,1-2H3,(H,16,19). The zero-order valence-electron chi connectivity index (χ0n) is 10.6. The molecule has 0 aliphatic heterocycles. The van der Waals surface area contributed by atoms with E-state index in [1.165, 1.54) is 12.1 Å². The highest BCUT2D eigenvalue weighted by molar-refractivity contribution is 6.34. The first kappa shape index (κ1) is 13.5. The van der Waals surface area contributed by atoms with Crippen molar-refractivity contribution in [1.29, 1.82) is 0 Å². The van der Waals surface area contributed by atoms with Gasteiger partial charge < -0.3 is 5.32 Å². The summed E-state index contributed by atoms with van der Waals surface area (Å²) in [5.41, 5.74) is 1.73. The molecule has 0 saturated heterocycles. The molecule has 0 saturated carbocycles. The third-order valence-electron chi connectivity index (χ3n) is 2.84. The van der Waals surface area contributed by atoms with E-state index in [2.05, 4.69) is 10.4 Å². The summed E-state index contributed by atoms with van der Waals surface area (Å²) >= 11 is 6.02. The largest absolute Gasteiger partial charge is 0.347 e. The molecule has 0 spiro atoms. The first-order valence-electron chi connectivity index (χ1n) is 5.70. The van der Waals surface area contributed by atoms with Crippen LogP contribution in [-0.4, -0.2) is 15.7 Å². The van der Waals surface area contributed by atoms with E-state index in [0.717, 1.165) is 11.3 Å². The van der Waals surface area contributed by atoms with Crippen LogP contribution in [0.15, 0.2) is 24.3 Å². The Kier molecular flexibility index (Phi) is 3.85. The molecule has 1 N–H and O–H groups in total. The van der Waals surface area contributed by atoms with Crippen molar-refractivity contribution in [3.05, 3.63) is 52.1 Å². The fourth-order valence-corrected chi connectivity index (χ4v) is 1.84. The van der Waals surface area contributed by atoms with E-state index in [0.29, 0.717) is 11.6 Å². The van der Waals surface area contributed by atoms with Crippen LogP contribution in [0.1, 0.15) is 21.7 Å². The van der Waals surface area contributed by atoms with E-state index < -0.39 is 0 Å². The maximum Gasteiger partial charge on any atom is 0.273 e. The third kappa shape index (κ3) is 2.93. The molecule has 6 heteroatoms. The molecule has 0 fully saturated rings. The van der Waals surface area contributed by atoms with E-state index in [9.17, 15) is 9.18 Å². The Labute approximate surface area is 115 Å². The van der Waals surface area contributed by atoms with Crippen LogP contribution in [-0.2, 0) is 13.6 Å². The highest BCUT2D eigenvalue weighted by Gasteiger charge is 2.17. The monoisotopic (exact) mass is 281 g/mol. The summed E-state index contributed by atoms with van der Waals surface area (Å²) in [5, 5.41) is 7.09. The van der Waals surface area contributed by atoms with Crippen molar-refractivity contribution < 1.29 is 9.18 Å². The molecule has 0 aliphatic carbocycles. The van der Waals surface area contributed by atoms with Gasteiger partial charge in [-0.25, -0.2) is 4.39 Å². The maximum absolute atomic E-state index is 12.7. The molecule has 1 aromatic heterocycles. The number of carbonyl (C=O) groups excluding carboxylic acids is 1. The van der Waals surface area contributed by atoms with Gasteiger partial charge in [-0.2, -0.15) is 5.10 Å². The number of carbonyl (C=O) groups is 1. The van der Waals surface area contributed by atoms with Gasteiger partial charge in [0.05, 0.1) is 10.7 Å². The number of amides is 1. The number of nitrogens with one attached hydrogen (secondary N) is 1. The van der Waals surface area contributed by atoms with Crippen LogP contribution < -0.4 is 5.32 Å². The van der Waals surface area contributed by atoms with Crippen molar-refractivity contribution in [1.82, 2.24) is 15.1 Å². The molecule has 0 atom stereocenters. The molecule has 100 valence electrons. The predicted octanol–water partition coefficient (Wildman–Crippen LogP) is 2.45. The number of halogens is 2. The lowest BCUT2D eigenvalue weighted by molar-refractivity contribution is 0.0945. The lowest BCUT2D eigenvalue weighted by Gasteiger charge is -2.03. The van der Waals surface area contributed by atoms with E-state index >= 15 is 0 Å². The Morgan fingerprint density at radius 1 is 1.42 bits per heavy atom. The van der Waals surface area contributed by atoms with Crippen LogP contribution >= 0.6 is 11.6 Å². The second kappa shape index (κ2) is 5.40. The summed E-state index contributed by atoms with van der Waals surface area (Å²) in [7, 11) is 1.72. The quantitative estimate of drug-likeness (QED) is 0.939. The molecule has 0 unspecified atom stereocenters. The highest BCUT2D eigenvalue weighted by atomic mass is 35.5. The minimum atomic E-state index is -0.349. The summed E-state index contributed by atoms with van der Waals surface area (Å²) < 4.78 is 14.3. The van der Waals surface area contributed by atoms with Crippen molar-refractivity contribution in [2.75, 3.05) is 0 Å². The number of rotatable bonds is 3. The Hall–Kier alpha value is -1.88. The Balaban J connectivity index is 2.05. The van der Waals surface area contributed by atoms with Crippen molar-refractivity contribution in [2.24, 2.45) is 7.05 Å². The van der Waals surface area contributed by atoms with Crippen LogP contribution in [0.2, 0.25) is 5.02 Å². The zero-order valence-corrected chi connectivity index (χ0v) is 11.3. The summed E-state index contributed by atoms with van der Waals surface area (Å²) in [5.74, 6) is -0.656. The molecule has 0 radical (unpaired) electrons. The van der Waals surface area contributed by atoms with E-state index in [1.807, 2.05) is 0 Å². The SMILES string of the molecule is Cc1c(Cl)c(C(=O)NCc2ccc(F)cc2)nn1C. The van der Waals surface area contributed by atoms with Crippen LogP contribution in [0.25, 0.3) is 0 Å². The van der Waals surface area contributed by atoms with Crippen molar-refractivity contribution >= 4 is 17.5 Å². The minimum absolute atomic E-state index is 0.198. The van der Waals surface area contributed by atoms with Gasteiger partial charge in [0.25, 0.3) is 5.91 Å². The molecule has 0 aliphatic rings. The minimum Gasteiger partial charge on any atom is -0.347 e. The second-order valence-corrected chi connectivity index (χ2v) is 4.56. The number of aromatic nitrogens is 2. The molecule has 4 nitrogen and oxygen atoms in total. The van der Waals surface area contributed by atoms with Gasteiger partial charge in [0.1, 0.15) is 5.82 Å². The van der Waals surface area contributed by atoms with Gasteiger partial charge in [0.15, 0.2) is 5.69 Å². The average Bonchev–Trinajstić information content (AvgIpc) is 2.65. The van der Waals surface area contributed by atoms with Gasteiger partial charge in [-0.3, -0.25) is 9.48 Å². The molecular formula is C13H13ClFN3O. The predicted molar refractivity (Wildman–Crippen MR) is 70.5 cm³/mol. The number of nitrogens with zero attached hydrogens (tertiary/aromatic N) is 2. The first-order valence-corrected chi connectivity index (χ1v) is 6.08. The molecule has 2 rings (SSSR count). The van der Waals surface area contributed by atoms with Crippen molar-refractivity contribution in [3.8, 4) is 0 Å². The van der Waals surface area contributed by atoms with Crippen molar-refractivity contribution in [2.45, 2.75) is 13.5 Å². The van der Waals surface area contributed by atoms with Crippen molar-refractivity contribution in [3.63, 3.8) is 0 Å². The molecule has 1 heterocycles. The third-order valence-corrected chi connectivity index (χ3v) is 3.29. The van der Waals surface area contributed by atoms with Gasteiger partial charge in [-0.05, 0) is 24.6 Å². The van der Waals surface area contributed by atoms with Gasteiger partial charge >= 0.3 is 0 Å². The Bertz CT molecular complexity index is 607. The first-order chi connectivity index (χ1) is 8.99. The van der Waals surface area contributed by atoms with Gasteiger partial charge in [0, 0.05) is 13.6 Å². The zero-order chi connectivity index (χ0) is 14.0. The lowest BCUT2D eigenvalue weighted by Crippen LogP contribution is -2.23. The molecule has 2 aromatic rings. The Morgan fingerprint density at radius 3 is 2.58 bits per heavy atom. The number of hydrogen-bond donors (Lipinski definition) is 1. The topological polar surface area (TPSA) is 46.9 Å². The summed E-state index contributed by atoms with van der Waals surface area (Å²) in [4.78, 5) is 11.9. The maximum atomic E-state index is 12.7. The van der Waals surface area contributed by atoms with E-state index in [-0.39, 0.29) is 17.4 Å². The molecule has 0 bridgehead atoms. The second-order valence-electron chi connectivity index (χ2n) is 4.18. The van der Waals surface area contributed by atoms with Crippen LogP contribution in [0.5, 0.6) is 0 Å². The summed E-state index contributed by atoms with van der Waals surface area (Å²) in [6.07, 6.45) is 0. The fourth-order valence-electron chi connectivity index (χ4n) is 1.60. The van der Waals surface area contributed by atoms with E-state index in [1.54, 1.807) is 30.8 Å².